The van der Waals surface area contributed by atoms with Crippen molar-refractivity contribution >= 4 is 19.7 Å². The Kier molecular flexibility index (Phi) is 59.0. The Bertz CT molecular complexity index is 1460. The summed E-state index contributed by atoms with van der Waals surface area (Å²) in [5.41, 5.74) is 0. The average molecular weight is 1150 g/mol. The summed E-state index contributed by atoms with van der Waals surface area (Å²) >= 11 is 0. The van der Waals surface area contributed by atoms with E-state index in [1.54, 1.807) is 0 Å². The number of quaternary nitrogens is 1. The van der Waals surface area contributed by atoms with Crippen LogP contribution in [0.5, 0.6) is 0 Å². The number of hydrogen-bond donors (Lipinski definition) is 1. The lowest BCUT2D eigenvalue weighted by Gasteiger charge is -2.30. The second-order valence-corrected chi connectivity index (χ2v) is 26.5. The minimum atomic E-state index is -4.70. The van der Waals surface area contributed by atoms with E-state index in [1.807, 2.05) is 33.3 Å². The highest BCUT2D eigenvalue weighted by Gasteiger charge is 2.27. The quantitative estimate of drug-likeness (QED) is 0.0212. The molecule has 3 unspecified atom stereocenters. The summed E-state index contributed by atoms with van der Waals surface area (Å²) in [6.07, 6.45) is 74.1. The largest absolute Gasteiger partial charge is 0.756 e. The molecule has 0 heterocycles. The Labute approximate surface area is 497 Å². The van der Waals surface area contributed by atoms with Crippen molar-refractivity contribution in [1.82, 2.24) is 5.32 Å². The van der Waals surface area contributed by atoms with Gasteiger partial charge in [0.25, 0.3) is 7.82 Å². The van der Waals surface area contributed by atoms with Gasteiger partial charge in [0.15, 0.2) is 0 Å². The van der Waals surface area contributed by atoms with Gasteiger partial charge < -0.3 is 28.5 Å². The maximum Gasteiger partial charge on any atom is 0.306 e. The number of nitrogens with zero attached hydrogens (tertiary/aromatic N) is 1. The normalized spacial score (nSPS) is 13.7. The maximum absolute atomic E-state index is 13.6. The Balaban J connectivity index is 5.04. The number of likely N-dealkylation sites (N-methyl/N-ethyl adjacent to an activating group) is 1. The summed E-state index contributed by atoms with van der Waals surface area (Å²) in [5.74, 6) is -0.532. The molecule has 0 rings (SSSR count). The Hall–Kier alpha value is -1.77. The number of carbonyl (C=O) groups is 2. The van der Waals surface area contributed by atoms with Crippen LogP contribution in [0.4, 0.5) is 0 Å². The SMILES string of the molecule is CCCCC/C=C\C/C=C\CCCCCCCCCC(=O)OC(/C=C\CCCCCCCCCCCC)C(COP(=O)([O-])OCC[N+](C)(C)C)NC(=O)CCCCCCCCCCCCCCCCCCCCCCCCCCC. The van der Waals surface area contributed by atoms with Crippen LogP contribution in [0.15, 0.2) is 36.5 Å². The van der Waals surface area contributed by atoms with E-state index >= 15 is 0 Å². The molecule has 472 valence electrons. The third kappa shape index (κ3) is 60.8. The number of allylic oxidation sites excluding steroid dienone is 5. The van der Waals surface area contributed by atoms with Crippen molar-refractivity contribution in [1.29, 1.82) is 0 Å². The molecule has 0 saturated carbocycles. The average Bonchev–Trinajstić information content (AvgIpc) is 3.42. The number of unbranched alkanes of at least 4 members (excludes halogenated alkanes) is 44. The summed E-state index contributed by atoms with van der Waals surface area (Å²) < 4.78 is 30.4. The molecular weight excluding hydrogens is 1010 g/mol. The fraction of sp³-hybridized carbons (Fsp3) is 0.886. The zero-order valence-electron chi connectivity index (χ0n) is 54.1. The number of ether oxygens (including phenoxy) is 1. The van der Waals surface area contributed by atoms with Crippen LogP contribution in [0.2, 0.25) is 0 Å². The van der Waals surface area contributed by atoms with Crippen LogP contribution >= 0.6 is 7.82 Å². The standard InChI is InChI=1S/C70H135N2O7P/c1-7-10-13-16-19-22-25-28-30-32-33-34-35-36-37-38-39-41-42-44-47-50-53-56-59-62-69(73)71-67(66-78-80(75,76)77-65-64-72(4,5)6)68(61-58-55-52-49-46-27-24-21-18-15-12-9-3)79-70(74)63-60-57-54-51-48-45-43-40-31-29-26-23-20-17-14-11-8-2/h20,23,29,31,58,61,67-68H,7-19,21-22,24-28,30,32-57,59-60,62-66H2,1-6H3,(H-,71,73,75,76)/b23-20-,31-29-,61-58-. The number of nitrogens with one attached hydrogen (secondary N) is 1. The number of carbonyl (C=O) groups excluding carboxylic acids is 2. The summed E-state index contributed by atoms with van der Waals surface area (Å²) in [4.78, 5) is 40.1. The minimum absolute atomic E-state index is 0.0211. The molecule has 0 aromatic carbocycles. The first-order chi connectivity index (χ1) is 38.9. The topological polar surface area (TPSA) is 114 Å². The van der Waals surface area contributed by atoms with Gasteiger partial charge in [-0.15, -0.1) is 0 Å². The van der Waals surface area contributed by atoms with E-state index in [0.29, 0.717) is 17.4 Å². The van der Waals surface area contributed by atoms with Crippen LogP contribution in [0.25, 0.3) is 0 Å². The number of amides is 1. The molecule has 0 saturated heterocycles. The molecule has 10 heteroatoms. The van der Waals surface area contributed by atoms with Gasteiger partial charge in [-0.05, 0) is 63.9 Å². The van der Waals surface area contributed by atoms with Crippen molar-refractivity contribution in [3.63, 3.8) is 0 Å². The summed E-state index contributed by atoms with van der Waals surface area (Å²) in [6.45, 7) is 6.87. The molecule has 0 aromatic rings. The smallest absolute Gasteiger partial charge is 0.306 e. The second kappa shape index (κ2) is 60.4. The molecule has 3 atom stereocenters. The first-order valence-corrected chi connectivity index (χ1v) is 36.3. The maximum atomic E-state index is 13.6. The lowest BCUT2D eigenvalue weighted by Crippen LogP contribution is -2.47. The molecule has 1 N–H and O–H groups in total. The number of phosphoric acid groups is 1. The molecule has 0 aliphatic heterocycles. The molecule has 0 aliphatic rings. The predicted molar refractivity (Wildman–Crippen MR) is 344 cm³/mol. The molecule has 80 heavy (non-hydrogen) atoms. The van der Waals surface area contributed by atoms with E-state index in [0.717, 1.165) is 77.0 Å². The first kappa shape index (κ1) is 78.2. The highest BCUT2D eigenvalue weighted by molar-refractivity contribution is 7.45. The molecule has 1 amide bonds. The zero-order valence-corrected chi connectivity index (χ0v) is 54.9. The highest BCUT2D eigenvalue weighted by atomic mass is 31.2. The predicted octanol–water partition coefficient (Wildman–Crippen LogP) is 21.2. The van der Waals surface area contributed by atoms with Gasteiger partial charge in [-0.3, -0.25) is 14.2 Å². The second-order valence-electron chi connectivity index (χ2n) is 25.0. The molecular formula is C70H135N2O7P. The van der Waals surface area contributed by atoms with Gasteiger partial charge in [0.2, 0.25) is 5.91 Å². The lowest BCUT2D eigenvalue weighted by molar-refractivity contribution is -0.870. The number of phosphoric ester groups is 1. The van der Waals surface area contributed by atoms with Crippen molar-refractivity contribution in [2.24, 2.45) is 0 Å². The van der Waals surface area contributed by atoms with Crippen molar-refractivity contribution in [3.8, 4) is 0 Å². The Morgan fingerprint density at radius 3 is 1.15 bits per heavy atom. The molecule has 0 radical (unpaired) electrons. The number of esters is 1. The monoisotopic (exact) mass is 1150 g/mol. The van der Waals surface area contributed by atoms with Gasteiger partial charge in [0, 0.05) is 12.8 Å². The van der Waals surface area contributed by atoms with Gasteiger partial charge in [-0.1, -0.05) is 308 Å². The van der Waals surface area contributed by atoms with Crippen molar-refractivity contribution in [2.45, 2.75) is 360 Å². The first-order valence-electron chi connectivity index (χ1n) is 34.8. The Morgan fingerprint density at radius 1 is 0.438 bits per heavy atom. The van der Waals surface area contributed by atoms with E-state index in [-0.39, 0.29) is 31.5 Å². The third-order valence-electron chi connectivity index (χ3n) is 15.8. The van der Waals surface area contributed by atoms with E-state index in [4.69, 9.17) is 13.8 Å². The van der Waals surface area contributed by atoms with Crippen LogP contribution in [-0.4, -0.2) is 69.4 Å². The number of rotatable bonds is 64. The fourth-order valence-corrected chi connectivity index (χ4v) is 11.2. The summed E-state index contributed by atoms with van der Waals surface area (Å²) in [7, 11) is 1.20. The van der Waals surface area contributed by atoms with Gasteiger partial charge >= 0.3 is 5.97 Å². The molecule has 0 fully saturated rings. The highest BCUT2D eigenvalue weighted by Crippen LogP contribution is 2.38. The van der Waals surface area contributed by atoms with Crippen LogP contribution in [0, 0.1) is 0 Å². The van der Waals surface area contributed by atoms with E-state index in [2.05, 4.69) is 50.4 Å². The van der Waals surface area contributed by atoms with Gasteiger partial charge in [0.05, 0.1) is 33.8 Å². The zero-order chi connectivity index (χ0) is 58.6. The van der Waals surface area contributed by atoms with Crippen LogP contribution in [-0.2, 0) is 27.9 Å². The van der Waals surface area contributed by atoms with Gasteiger partial charge in [0.1, 0.15) is 19.3 Å². The summed E-state index contributed by atoms with van der Waals surface area (Å²) in [6, 6.07) is -0.888. The van der Waals surface area contributed by atoms with Crippen LogP contribution in [0.3, 0.4) is 0 Å². The molecule has 0 aromatic heterocycles. The van der Waals surface area contributed by atoms with Gasteiger partial charge in [-0.25, -0.2) is 0 Å². The Morgan fingerprint density at radius 2 is 0.762 bits per heavy atom. The van der Waals surface area contributed by atoms with Crippen molar-refractivity contribution < 1.29 is 37.3 Å². The molecule has 0 spiro atoms. The van der Waals surface area contributed by atoms with E-state index < -0.39 is 20.0 Å². The third-order valence-corrected chi connectivity index (χ3v) is 16.8. The lowest BCUT2D eigenvalue weighted by atomic mass is 10.0. The summed E-state index contributed by atoms with van der Waals surface area (Å²) in [5, 5.41) is 3.04. The van der Waals surface area contributed by atoms with Crippen molar-refractivity contribution in [3.05, 3.63) is 36.5 Å². The van der Waals surface area contributed by atoms with Gasteiger partial charge in [-0.2, -0.15) is 0 Å². The van der Waals surface area contributed by atoms with Crippen molar-refractivity contribution in [2.75, 3.05) is 40.9 Å². The minimum Gasteiger partial charge on any atom is -0.756 e. The molecule has 0 aliphatic carbocycles. The van der Waals surface area contributed by atoms with E-state index in [1.165, 1.54) is 238 Å². The van der Waals surface area contributed by atoms with E-state index in [9.17, 15) is 19.0 Å². The number of hydrogen-bond acceptors (Lipinski definition) is 7. The van der Waals surface area contributed by atoms with Crippen LogP contribution < -0.4 is 10.2 Å². The molecule has 9 nitrogen and oxygen atoms in total. The van der Waals surface area contributed by atoms with Crippen LogP contribution in [0.1, 0.15) is 348 Å². The molecule has 0 bridgehead atoms. The fourth-order valence-electron chi connectivity index (χ4n) is 10.4.